The van der Waals surface area contributed by atoms with Gasteiger partial charge in [-0.2, -0.15) is 15.0 Å². The van der Waals surface area contributed by atoms with E-state index in [0.29, 0.717) is 11.8 Å². The summed E-state index contributed by atoms with van der Waals surface area (Å²) >= 11 is 0. The first-order valence-corrected chi connectivity index (χ1v) is 7.16. The van der Waals surface area contributed by atoms with Crippen LogP contribution in [0.25, 0.3) is 0 Å². The Morgan fingerprint density at radius 2 is 1.45 bits per heavy atom. The summed E-state index contributed by atoms with van der Waals surface area (Å²) in [5, 5.41) is 3.14. The third-order valence-electron chi connectivity index (χ3n) is 3.21. The number of anilines is 3. The lowest BCUT2D eigenvalue weighted by Gasteiger charge is -2.07. The van der Waals surface area contributed by atoms with Gasteiger partial charge in [-0.15, -0.1) is 0 Å². The molecule has 1 aromatic heterocycles. The number of hydrogen-bond donors (Lipinski definition) is 2. The zero-order valence-electron chi connectivity index (χ0n) is 12.1. The molecule has 22 heavy (non-hydrogen) atoms. The fourth-order valence-electron chi connectivity index (χ4n) is 2.16. The monoisotopic (exact) mass is 291 g/mol. The van der Waals surface area contributed by atoms with Crippen LogP contribution in [0.1, 0.15) is 11.4 Å². The molecule has 0 atom stereocenters. The van der Waals surface area contributed by atoms with Gasteiger partial charge in [-0.1, -0.05) is 48.5 Å². The van der Waals surface area contributed by atoms with Crippen molar-refractivity contribution in [2.75, 3.05) is 11.1 Å². The summed E-state index contributed by atoms with van der Waals surface area (Å²) < 4.78 is 0. The highest BCUT2D eigenvalue weighted by Crippen LogP contribution is 2.13. The molecular weight excluding hydrogens is 274 g/mol. The predicted molar refractivity (Wildman–Crippen MR) is 87.8 cm³/mol. The maximum absolute atomic E-state index is 5.78. The number of benzene rings is 2. The summed E-state index contributed by atoms with van der Waals surface area (Å²) in [6.45, 7) is 0. The highest BCUT2D eigenvalue weighted by atomic mass is 15.2. The van der Waals surface area contributed by atoms with E-state index in [2.05, 4.69) is 32.4 Å². The van der Waals surface area contributed by atoms with Crippen molar-refractivity contribution in [3.63, 3.8) is 0 Å². The quantitative estimate of drug-likeness (QED) is 0.755. The topological polar surface area (TPSA) is 76.7 Å². The molecule has 0 bridgehead atoms. The van der Waals surface area contributed by atoms with Gasteiger partial charge < -0.3 is 11.1 Å². The molecule has 3 N–H and O–H groups in total. The zero-order chi connectivity index (χ0) is 15.2. The summed E-state index contributed by atoms with van der Waals surface area (Å²) in [6, 6.07) is 20.0. The van der Waals surface area contributed by atoms with E-state index in [1.807, 2.05) is 48.5 Å². The maximum Gasteiger partial charge on any atom is 0.232 e. The molecule has 0 radical (unpaired) electrons. The minimum absolute atomic E-state index is 0.233. The Balaban J connectivity index is 1.72. The van der Waals surface area contributed by atoms with Crippen LogP contribution < -0.4 is 11.1 Å². The largest absolute Gasteiger partial charge is 0.368 e. The van der Waals surface area contributed by atoms with Crippen LogP contribution in [0, 0.1) is 0 Å². The second-order valence-corrected chi connectivity index (χ2v) is 4.91. The van der Waals surface area contributed by atoms with Gasteiger partial charge in [0.05, 0.1) is 0 Å². The lowest BCUT2D eigenvalue weighted by atomic mass is 10.1. The SMILES string of the molecule is Nc1nc(CCc2ccccc2)nc(Nc2ccccc2)n1. The smallest absolute Gasteiger partial charge is 0.232 e. The Bertz CT molecular complexity index is 729. The van der Waals surface area contributed by atoms with Crippen molar-refractivity contribution in [3.8, 4) is 0 Å². The van der Waals surface area contributed by atoms with Crippen LogP contribution in [0.3, 0.4) is 0 Å². The van der Waals surface area contributed by atoms with E-state index < -0.39 is 0 Å². The Morgan fingerprint density at radius 1 is 0.773 bits per heavy atom. The van der Waals surface area contributed by atoms with Gasteiger partial charge in [0.25, 0.3) is 0 Å². The van der Waals surface area contributed by atoms with Crippen molar-refractivity contribution in [2.24, 2.45) is 0 Å². The number of aryl methyl sites for hydroxylation is 2. The molecule has 0 unspecified atom stereocenters. The van der Waals surface area contributed by atoms with Gasteiger partial charge in [0.2, 0.25) is 11.9 Å². The minimum atomic E-state index is 0.233. The number of nitrogens with one attached hydrogen (secondary N) is 1. The molecule has 0 aliphatic rings. The lowest BCUT2D eigenvalue weighted by Crippen LogP contribution is -2.08. The molecule has 0 spiro atoms. The molecule has 0 saturated heterocycles. The highest BCUT2D eigenvalue weighted by Gasteiger charge is 2.05. The van der Waals surface area contributed by atoms with Gasteiger partial charge in [0.15, 0.2) is 0 Å². The molecule has 3 aromatic rings. The van der Waals surface area contributed by atoms with Crippen LogP contribution in [0.15, 0.2) is 60.7 Å². The number of nitrogens with zero attached hydrogens (tertiary/aromatic N) is 3. The van der Waals surface area contributed by atoms with Crippen LogP contribution in [0.5, 0.6) is 0 Å². The number of aromatic nitrogens is 3. The number of nitrogens with two attached hydrogens (primary N) is 1. The summed E-state index contributed by atoms with van der Waals surface area (Å²) in [7, 11) is 0. The Hall–Kier alpha value is -2.95. The van der Waals surface area contributed by atoms with E-state index in [1.165, 1.54) is 5.56 Å². The maximum atomic E-state index is 5.78. The fourth-order valence-corrected chi connectivity index (χ4v) is 2.16. The minimum Gasteiger partial charge on any atom is -0.368 e. The van der Waals surface area contributed by atoms with Crippen molar-refractivity contribution >= 4 is 17.6 Å². The molecule has 1 heterocycles. The summed E-state index contributed by atoms with van der Waals surface area (Å²) in [6.07, 6.45) is 1.59. The molecular formula is C17H17N5. The number of para-hydroxylation sites is 1. The average molecular weight is 291 g/mol. The van der Waals surface area contributed by atoms with E-state index in [4.69, 9.17) is 5.73 Å². The van der Waals surface area contributed by atoms with Gasteiger partial charge >= 0.3 is 0 Å². The van der Waals surface area contributed by atoms with E-state index in [-0.39, 0.29) is 5.95 Å². The van der Waals surface area contributed by atoms with E-state index in [1.54, 1.807) is 0 Å². The highest BCUT2D eigenvalue weighted by molar-refractivity contribution is 5.53. The van der Waals surface area contributed by atoms with Crippen LogP contribution in [0.4, 0.5) is 17.6 Å². The van der Waals surface area contributed by atoms with E-state index in [0.717, 1.165) is 18.5 Å². The standard InChI is InChI=1S/C17H17N5/c18-16-20-15(12-11-13-7-3-1-4-8-13)21-17(22-16)19-14-9-5-2-6-10-14/h1-10H,11-12H2,(H3,18,19,20,21,22). The summed E-state index contributed by atoms with van der Waals surface area (Å²) in [4.78, 5) is 12.8. The Morgan fingerprint density at radius 3 is 2.18 bits per heavy atom. The molecule has 110 valence electrons. The molecule has 2 aromatic carbocycles. The molecule has 3 rings (SSSR count). The molecule has 0 saturated carbocycles. The molecule has 0 aliphatic heterocycles. The van der Waals surface area contributed by atoms with Gasteiger partial charge in [-0.3, -0.25) is 0 Å². The fraction of sp³-hybridized carbons (Fsp3) is 0.118. The van der Waals surface area contributed by atoms with Gasteiger partial charge in [0, 0.05) is 12.1 Å². The van der Waals surface area contributed by atoms with Crippen LogP contribution in [-0.2, 0) is 12.8 Å². The molecule has 5 heteroatoms. The first-order valence-electron chi connectivity index (χ1n) is 7.16. The number of nitrogen functional groups attached to an aromatic ring is 1. The number of hydrogen-bond acceptors (Lipinski definition) is 5. The van der Waals surface area contributed by atoms with Gasteiger partial charge in [-0.25, -0.2) is 0 Å². The molecule has 5 nitrogen and oxygen atoms in total. The molecule has 0 fully saturated rings. The summed E-state index contributed by atoms with van der Waals surface area (Å²) in [5.74, 6) is 1.40. The summed E-state index contributed by atoms with van der Waals surface area (Å²) in [5.41, 5.74) is 7.95. The van der Waals surface area contributed by atoms with Crippen molar-refractivity contribution in [1.82, 2.24) is 15.0 Å². The van der Waals surface area contributed by atoms with Crippen LogP contribution in [-0.4, -0.2) is 15.0 Å². The van der Waals surface area contributed by atoms with E-state index in [9.17, 15) is 0 Å². The van der Waals surface area contributed by atoms with Gasteiger partial charge in [-0.05, 0) is 24.1 Å². The average Bonchev–Trinajstić information content (AvgIpc) is 2.54. The second kappa shape index (κ2) is 6.67. The predicted octanol–water partition coefficient (Wildman–Crippen LogP) is 2.98. The third-order valence-corrected chi connectivity index (χ3v) is 3.21. The van der Waals surface area contributed by atoms with Crippen molar-refractivity contribution in [3.05, 3.63) is 72.1 Å². The number of rotatable bonds is 5. The van der Waals surface area contributed by atoms with Crippen molar-refractivity contribution < 1.29 is 0 Å². The first kappa shape index (κ1) is 14.0. The Kier molecular flexibility index (Phi) is 4.25. The third kappa shape index (κ3) is 3.79. The van der Waals surface area contributed by atoms with Crippen molar-refractivity contribution in [1.29, 1.82) is 0 Å². The Labute approximate surface area is 129 Å². The normalized spacial score (nSPS) is 10.4. The molecule has 0 aliphatic carbocycles. The van der Waals surface area contributed by atoms with Crippen LogP contribution in [0.2, 0.25) is 0 Å². The van der Waals surface area contributed by atoms with Gasteiger partial charge in [0.1, 0.15) is 5.82 Å². The van der Waals surface area contributed by atoms with Crippen LogP contribution >= 0.6 is 0 Å². The molecule has 0 amide bonds. The first-order chi connectivity index (χ1) is 10.8. The van der Waals surface area contributed by atoms with Crippen molar-refractivity contribution in [2.45, 2.75) is 12.8 Å². The second-order valence-electron chi connectivity index (χ2n) is 4.91. The lowest BCUT2D eigenvalue weighted by molar-refractivity contribution is 0.846. The van der Waals surface area contributed by atoms with E-state index >= 15 is 0 Å². The zero-order valence-corrected chi connectivity index (χ0v) is 12.1.